The third-order valence-corrected chi connectivity index (χ3v) is 3.72. The maximum atomic E-state index is 11.6. The Balaban J connectivity index is 2.47. The number of fused-ring (bicyclic) bond motifs is 1. The molecule has 4 heteroatoms. The van der Waals surface area contributed by atoms with Crippen LogP contribution in [0.1, 0.15) is 22.8 Å². The van der Waals surface area contributed by atoms with Gasteiger partial charge in [-0.1, -0.05) is 6.92 Å². The van der Waals surface area contributed by atoms with Crippen LogP contribution in [-0.4, -0.2) is 25.4 Å². The minimum absolute atomic E-state index is 0.245. The van der Waals surface area contributed by atoms with Crippen molar-refractivity contribution in [2.24, 2.45) is 0 Å². The highest BCUT2D eigenvalue weighted by atomic mass is 32.2. The summed E-state index contributed by atoms with van der Waals surface area (Å²) in [6.45, 7) is 3.03. The molecule has 0 bridgehead atoms. The van der Waals surface area contributed by atoms with E-state index in [0.717, 1.165) is 34.9 Å². The lowest BCUT2D eigenvalue weighted by Gasteiger charge is -2.19. The lowest BCUT2D eigenvalue weighted by Crippen LogP contribution is -2.13. The van der Waals surface area contributed by atoms with Crippen LogP contribution in [0.2, 0.25) is 0 Å². The van der Waals surface area contributed by atoms with Gasteiger partial charge in [0.1, 0.15) is 0 Å². The lowest BCUT2D eigenvalue weighted by molar-refractivity contribution is 0.0599. The summed E-state index contributed by atoms with van der Waals surface area (Å²) in [7, 11) is 1.42. The van der Waals surface area contributed by atoms with E-state index in [4.69, 9.17) is 4.74 Å². The Morgan fingerprint density at radius 3 is 3.06 bits per heavy atom. The maximum Gasteiger partial charge on any atom is 0.338 e. The normalized spacial score (nSPS) is 13.9. The van der Waals surface area contributed by atoms with Gasteiger partial charge < -0.3 is 10.1 Å². The van der Waals surface area contributed by atoms with Gasteiger partial charge in [-0.3, -0.25) is 0 Å². The number of methoxy groups -OCH3 is 1. The molecule has 1 heterocycles. The Kier molecular flexibility index (Phi) is 3.39. The van der Waals surface area contributed by atoms with Crippen molar-refractivity contribution in [3.63, 3.8) is 0 Å². The van der Waals surface area contributed by atoms with Gasteiger partial charge in [0, 0.05) is 22.9 Å². The van der Waals surface area contributed by atoms with E-state index in [1.165, 1.54) is 7.11 Å². The number of nitrogens with one attached hydrogen (secondary N) is 1. The molecule has 0 aliphatic carbocycles. The number of rotatable bonds is 2. The summed E-state index contributed by atoms with van der Waals surface area (Å²) in [4.78, 5) is 12.8. The van der Waals surface area contributed by atoms with Gasteiger partial charge >= 0.3 is 5.97 Å². The largest absolute Gasteiger partial charge is 0.465 e. The fraction of sp³-hybridized carbons (Fsp3) is 0.417. The van der Waals surface area contributed by atoms with E-state index in [-0.39, 0.29) is 5.97 Å². The fourth-order valence-corrected chi connectivity index (χ4v) is 2.73. The highest BCUT2D eigenvalue weighted by Crippen LogP contribution is 2.33. The van der Waals surface area contributed by atoms with Gasteiger partial charge in [-0.25, -0.2) is 4.79 Å². The van der Waals surface area contributed by atoms with Gasteiger partial charge in [-0.2, -0.15) is 0 Å². The van der Waals surface area contributed by atoms with Crippen molar-refractivity contribution in [1.29, 1.82) is 0 Å². The molecule has 0 saturated heterocycles. The van der Waals surface area contributed by atoms with Crippen LogP contribution in [0.5, 0.6) is 0 Å². The number of anilines is 1. The first-order valence-corrected chi connectivity index (χ1v) is 6.36. The van der Waals surface area contributed by atoms with E-state index < -0.39 is 0 Å². The molecular formula is C12H15NO2S. The van der Waals surface area contributed by atoms with E-state index in [1.807, 2.05) is 13.0 Å². The molecule has 1 aromatic rings. The molecule has 86 valence electrons. The third kappa shape index (κ3) is 2.02. The average molecular weight is 237 g/mol. The molecule has 16 heavy (non-hydrogen) atoms. The number of hydrogen-bond donors (Lipinski definition) is 1. The highest BCUT2D eigenvalue weighted by molar-refractivity contribution is 7.99. The Hall–Kier alpha value is -1.16. The summed E-state index contributed by atoms with van der Waals surface area (Å²) in [5.74, 6) is 0.796. The topological polar surface area (TPSA) is 38.3 Å². The Bertz CT molecular complexity index is 418. The average Bonchev–Trinajstić information content (AvgIpc) is 2.36. The zero-order chi connectivity index (χ0) is 11.5. The summed E-state index contributed by atoms with van der Waals surface area (Å²) in [6, 6.07) is 4.00. The lowest BCUT2D eigenvalue weighted by atomic mass is 10.0. The van der Waals surface area contributed by atoms with E-state index in [9.17, 15) is 4.79 Å². The number of ether oxygens (including phenoxy) is 1. The predicted molar refractivity (Wildman–Crippen MR) is 66.4 cm³/mol. The minimum atomic E-state index is -0.245. The second-order valence-corrected chi connectivity index (χ2v) is 4.76. The van der Waals surface area contributed by atoms with Crippen molar-refractivity contribution in [2.75, 3.05) is 24.7 Å². The smallest absolute Gasteiger partial charge is 0.338 e. The second kappa shape index (κ2) is 4.78. The van der Waals surface area contributed by atoms with Crippen LogP contribution >= 0.6 is 11.8 Å². The second-order valence-electron chi connectivity index (χ2n) is 3.63. The number of carbonyl (C=O) groups is 1. The monoisotopic (exact) mass is 237 g/mol. The fourth-order valence-electron chi connectivity index (χ4n) is 1.82. The number of esters is 1. The first-order valence-electron chi connectivity index (χ1n) is 5.38. The predicted octanol–water partition coefficient (Wildman–Crippen LogP) is 2.55. The summed E-state index contributed by atoms with van der Waals surface area (Å²) >= 11 is 1.78. The summed E-state index contributed by atoms with van der Waals surface area (Å²) in [5, 5.41) is 3.35. The van der Waals surface area contributed by atoms with Gasteiger partial charge in [0.05, 0.1) is 12.7 Å². The van der Waals surface area contributed by atoms with Crippen molar-refractivity contribution in [2.45, 2.75) is 18.2 Å². The Morgan fingerprint density at radius 2 is 2.38 bits per heavy atom. The molecule has 0 aromatic heterocycles. The van der Waals surface area contributed by atoms with Crippen LogP contribution in [0.4, 0.5) is 5.69 Å². The number of thioether (sulfide) groups is 1. The van der Waals surface area contributed by atoms with E-state index in [2.05, 4.69) is 11.4 Å². The summed E-state index contributed by atoms with van der Waals surface area (Å²) < 4.78 is 4.80. The quantitative estimate of drug-likeness (QED) is 0.802. The SMILES string of the molecule is CCc1cc2c(cc1C(=O)OC)SCCN2. The van der Waals surface area contributed by atoms with Crippen LogP contribution in [0.25, 0.3) is 0 Å². The number of carbonyl (C=O) groups excluding carboxylic acids is 1. The molecule has 1 aliphatic heterocycles. The summed E-state index contributed by atoms with van der Waals surface area (Å²) in [5.41, 5.74) is 2.88. The molecule has 0 atom stereocenters. The van der Waals surface area contributed by atoms with Gasteiger partial charge in [0.15, 0.2) is 0 Å². The zero-order valence-electron chi connectivity index (χ0n) is 9.50. The molecule has 0 radical (unpaired) electrons. The zero-order valence-corrected chi connectivity index (χ0v) is 10.3. The standard InChI is InChI=1S/C12H15NO2S/c1-3-8-6-10-11(16-5-4-13-10)7-9(8)12(14)15-2/h6-7,13H,3-5H2,1-2H3. The molecule has 1 N–H and O–H groups in total. The van der Waals surface area contributed by atoms with Gasteiger partial charge in [0.2, 0.25) is 0 Å². The van der Waals surface area contributed by atoms with Crippen molar-refractivity contribution in [3.8, 4) is 0 Å². The number of hydrogen-bond acceptors (Lipinski definition) is 4. The third-order valence-electron chi connectivity index (χ3n) is 2.67. The van der Waals surface area contributed by atoms with Crippen LogP contribution in [0.3, 0.4) is 0 Å². The van der Waals surface area contributed by atoms with Gasteiger partial charge in [-0.15, -0.1) is 11.8 Å². The Morgan fingerprint density at radius 1 is 1.56 bits per heavy atom. The van der Waals surface area contributed by atoms with Crippen LogP contribution in [-0.2, 0) is 11.2 Å². The molecule has 3 nitrogen and oxygen atoms in total. The van der Waals surface area contributed by atoms with E-state index in [1.54, 1.807) is 11.8 Å². The van der Waals surface area contributed by atoms with Crippen molar-refractivity contribution >= 4 is 23.4 Å². The molecule has 0 unspecified atom stereocenters. The van der Waals surface area contributed by atoms with Crippen LogP contribution in [0, 0.1) is 0 Å². The van der Waals surface area contributed by atoms with Gasteiger partial charge in [-0.05, 0) is 24.1 Å². The van der Waals surface area contributed by atoms with Crippen molar-refractivity contribution in [3.05, 3.63) is 23.3 Å². The first-order chi connectivity index (χ1) is 7.76. The molecule has 0 saturated carbocycles. The molecule has 0 spiro atoms. The summed E-state index contributed by atoms with van der Waals surface area (Å²) in [6.07, 6.45) is 0.837. The highest BCUT2D eigenvalue weighted by Gasteiger charge is 2.17. The number of aryl methyl sites for hydroxylation is 1. The Labute approximate surface area is 99.6 Å². The first kappa shape index (κ1) is 11.3. The van der Waals surface area contributed by atoms with Crippen molar-refractivity contribution in [1.82, 2.24) is 0 Å². The van der Waals surface area contributed by atoms with E-state index >= 15 is 0 Å². The molecule has 0 fully saturated rings. The molecule has 0 amide bonds. The molecule has 1 aromatic carbocycles. The van der Waals surface area contributed by atoms with Crippen molar-refractivity contribution < 1.29 is 9.53 Å². The van der Waals surface area contributed by atoms with E-state index in [0.29, 0.717) is 5.56 Å². The van der Waals surface area contributed by atoms with Crippen LogP contribution in [0.15, 0.2) is 17.0 Å². The molecule has 2 rings (SSSR count). The van der Waals surface area contributed by atoms with Crippen LogP contribution < -0.4 is 5.32 Å². The maximum absolute atomic E-state index is 11.6. The van der Waals surface area contributed by atoms with Gasteiger partial charge in [0.25, 0.3) is 0 Å². The molecule has 1 aliphatic rings. The minimum Gasteiger partial charge on any atom is -0.465 e. The molecular weight excluding hydrogens is 222 g/mol. The number of benzene rings is 1.